The first-order chi connectivity index (χ1) is 16.9. The van der Waals surface area contributed by atoms with Crippen LogP contribution in [0.25, 0.3) is 0 Å². The molecule has 2 aliphatic rings. The molecule has 0 spiro atoms. The molecule has 2 aliphatic heterocycles. The standard InChI is InChI=1S/C23H30BrF3N6O3/c1-22(2,36-19(34)23(25,26)27)18-12-33(17(13-35-18)11-14-3-5-15(24)6-4-14)16-7-9-32(10-8-16)21-29-20(28)30-31-21/h3-6,16-18H,7-13H2,1-2H3,(H3,28,29,30,31)/t17-,18+/m0/s1. The first-order valence-electron chi connectivity index (χ1n) is 11.8. The number of hydrogen-bond acceptors (Lipinski definition) is 8. The molecule has 1 aromatic heterocycles. The molecule has 0 radical (unpaired) electrons. The van der Waals surface area contributed by atoms with Gasteiger partial charge in [-0.3, -0.25) is 4.90 Å². The van der Waals surface area contributed by atoms with Crippen molar-refractivity contribution in [1.82, 2.24) is 20.1 Å². The number of anilines is 2. The van der Waals surface area contributed by atoms with Crippen LogP contribution in [-0.2, 0) is 20.7 Å². The number of nitrogens with one attached hydrogen (secondary N) is 1. The lowest BCUT2D eigenvalue weighted by Gasteiger charge is -2.49. The Balaban J connectivity index is 1.49. The minimum Gasteiger partial charge on any atom is -0.450 e. The van der Waals surface area contributed by atoms with Gasteiger partial charge in [-0.05, 0) is 50.8 Å². The highest BCUT2D eigenvalue weighted by molar-refractivity contribution is 9.10. The number of ether oxygens (including phenoxy) is 2. The van der Waals surface area contributed by atoms with Crippen LogP contribution in [0.4, 0.5) is 25.1 Å². The van der Waals surface area contributed by atoms with E-state index in [0.717, 1.165) is 29.3 Å². The van der Waals surface area contributed by atoms with Crippen LogP contribution in [-0.4, -0.2) is 82.3 Å². The largest absolute Gasteiger partial charge is 0.490 e. The zero-order valence-electron chi connectivity index (χ0n) is 20.1. The van der Waals surface area contributed by atoms with E-state index >= 15 is 0 Å². The van der Waals surface area contributed by atoms with Crippen molar-refractivity contribution < 1.29 is 27.4 Å². The third kappa shape index (κ3) is 6.30. The average Bonchev–Trinajstić information content (AvgIpc) is 3.26. The molecule has 2 saturated heterocycles. The summed E-state index contributed by atoms with van der Waals surface area (Å²) in [6.07, 6.45) is -3.44. The maximum atomic E-state index is 12.9. The number of esters is 1. The van der Waals surface area contributed by atoms with Crippen molar-refractivity contribution in [3.63, 3.8) is 0 Å². The highest BCUT2D eigenvalue weighted by Gasteiger charge is 2.48. The van der Waals surface area contributed by atoms with Gasteiger partial charge in [0.15, 0.2) is 0 Å². The van der Waals surface area contributed by atoms with E-state index in [-0.39, 0.29) is 18.0 Å². The lowest BCUT2D eigenvalue weighted by atomic mass is 9.92. The minimum absolute atomic E-state index is 0.0206. The van der Waals surface area contributed by atoms with Gasteiger partial charge < -0.3 is 20.1 Å². The van der Waals surface area contributed by atoms with Crippen molar-refractivity contribution in [3.8, 4) is 0 Å². The second kappa shape index (κ2) is 10.5. The molecular formula is C23H30BrF3N6O3. The van der Waals surface area contributed by atoms with Gasteiger partial charge >= 0.3 is 12.1 Å². The van der Waals surface area contributed by atoms with Gasteiger partial charge in [-0.2, -0.15) is 18.2 Å². The summed E-state index contributed by atoms with van der Waals surface area (Å²) in [6.45, 7) is 5.00. The Kier molecular flexibility index (Phi) is 7.81. The lowest BCUT2D eigenvalue weighted by Crippen LogP contribution is -2.62. The molecule has 2 atom stereocenters. The van der Waals surface area contributed by atoms with Gasteiger partial charge in [0.2, 0.25) is 11.9 Å². The van der Waals surface area contributed by atoms with E-state index in [1.54, 1.807) is 0 Å². The van der Waals surface area contributed by atoms with Crippen LogP contribution < -0.4 is 10.6 Å². The molecule has 0 amide bonds. The highest BCUT2D eigenvalue weighted by Crippen LogP contribution is 2.32. The molecule has 2 fully saturated rings. The zero-order chi connectivity index (χ0) is 26.1. The van der Waals surface area contributed by atoms with Crippen molar-refractivity contribution in [2.75, 3.05) is 36.9 Å². The summed E-state index contributed by atoms with van der Waals surface area (Å²) >= 11 is 3.45. The van der Waals surface area contributed by atoms with Crippen molar-refractivity contribution in [2.24, 2.45) is 0 Å². The van der Waals surface area contributed by atoms with E-state index in [4.69, 9.17) is 15.2 Å². The normalized spacial score (nSPS) is 22.6. The number of alkyl halides is 3. The molecule has 1 aromatic carbocycles. The number of hydrogen-bond donors (Lipinski definition) is 2. The number of aromatic nitrogens is 3. The number of H-pyrrole nitrogens is 1. The fraction of sp³-hybridized carbons (Fsp3) is 0.609. The molecule has 3 heterocycles. The summed E-state index contributed by atoms with van der Waals surface area (Å²) in [5.74, 6) is -1.40. The van der Waals surface area contributed by atoms with E-state index in [1.807, 2.05) is 24.3 Å². The summed E-state index contributed by atoms with van der Waals surface area (Å²) in [5, 5.41) is 6.78. The van der Waals surface area contributed by atoms with Crippen LogP contribution in [0.5, 0.6) is 0 Å². The molecule has 9 nitrogen and oxygen atoms in total. The van der Waals surface area contributed by atoms with Gasteiger partial charge in [0, 0.05) is 36.2 Å². The van der Waals surface area contributed by atoms with E-state index < -0.39 is 23.9 Å². The van der Waals surface area contributed by atoms with Gasteiger partial charge in [-0.1, -0.05) is 28.1 Å². The quantitative estimate of drug-likeness (QED) is 0.506. The predicted octanol–water partition coefficient (Wildman–Crippen LogP) is 3.31. The van der Waals surface area contributed by atoms with Crippen molar-refractivity contribution in [1.29, 1.82) is 0 Å². The smallest absolute Gasteiger partial charge is 0.450 e. The number of rotatable bonds is 6. The first-order valence-corrected chi connectivity index (χ1v) is 12.6. The number of carbonyl (C=O) groups excluding carboxylic acids is 1. The number of nitrogens with zero attached hydrogens (tertiary/aromatic N) is 4. The Morgan fingerprint density at radius 1 is 1.25 bits per heavy atom. The number of benzene rings is 1. The Labute approximate surface area is 215 Å². The molecule has 36 heavy (non-hydrogen) atoms. The fourth-order valence-electron chi connectivity index (χ4n) is 4.82. The van der Waals surface area contributed by atoms with Crippen molar-refractivity contribution in [2.45, 2.75) is 63.1 Å². The Morgan fingerprint density at radius 2 is 1.92 bits per heavy atom. The summed E-state index contributed by atoms with van der Waals surface area (Å²) in [5.41, 5.74) is 5.34. The number of aromatic amines is 1. The topological polar surface area (TPSA) is 110 Å². The van der Waals surface area contributed by atoms with Crippen LogP contribution in [0, 0.1) is 0 Å². The molecule has 3 N–H and O–H groups in total. The SMILES string of the molecule is CC(C)(OC(=O)C(F)(F)F)[C@H]1CN(C2CCN(c3n[nH]c(N)n3)CC2)[C@@H](Cc2ccc(Br)cc2)CO1. The molecule has 0 bridgehead atoms. The summed E-state index contributed by atoms with van der Waals surface area (Å²) in [4.78, 5) is 20.1. The number of piperidine rings is 1. The van der Waals surface area contributed by atoms with Crippen molar-refractivity contribution >= 4 is 33.8 Å². The molecule has 13 heteroatoms. The van der Waals surface area contributed by atoms with E-state index in [9.17, 15) is 18.0 Å². The molecule has 2 aromatic rings. The van der Waals surface area contributed by atoms with Gasteiger partial charge in [-0.15, -0.1) is 5.10 Å². The number of nitrogens with two attached hydrogens (primary N) is 1. The summed E-state index contributed by atoms with van der Waals surface area (Å²) in [6, 6.07) is 8.23. The number of nitrogen functional groups attached to an aromatic ring is 1. The van der Waals surface area contributed by atoms with Crippen LogP contribution in [0.2, 0.25) is 0 Å². The Hall–Kier alpha value is -2.38. The second-order valence-corrected chi connectivity index (χ2v) is 10.6. The van der Waals surface area contributed by atoms with Crippen LogP contribution >= 0.6 is 15.9 Å². The first kappa shape index (κ1) is 26.7. The average molecular weight is 575 g/mol. The van der Waals surface area contributed by atoms with Gasteiger partial charge in [0.25, 0.3) is 0 Å². The maximum absolute atomic E-state index is 12.9. The molecule has 198 valence electrons. The summed E-state index contributed by atoms with van der Waals surface area (Å²) < 4.78 is 50.5. The Bertz CT molecular complexity index is 1040. The highest BCUT2D eigenvalue weighted by atomic mass is 79.9. The fourth-order valence-corrected chi connectivity index (χ4v) is 5.08. The zero-order valence-corrected chi connectivity index (χ0v) is 21.7. The predicted molar refractivity (Wildman–Crippen MR) is 130 cm³/mol. The second-order valence-electron chi connectivity index (χ2n) is 9.73. The van der Waals surface area contributed by atoms with Crippen LogP contribution in [0.1, 0.15) is 32.3 Å². The lowest BCUT2D eigenvalue weighted by molar-refractivity contribution is -0.228. The van der Waals surface area contributed by atoms with Gasteiger partial charge in [0.1, 0.15) is 11.7 Å². The number of halogens is 4. The molecule has 0 saturated carbocycles. The molecule has 0 aliphatic carbocycles. The number of morpholine rings is 1. The third-order valence-electron chi connectivity index (χ3n) is 6.79. The maximum Gasteiger partial charge on any atom is 0.490 e. The van der Waals surface area contributed by atoms with E-state index in [1.165, 1.54) is 13.8 Å². The number of carbonyl (C=O) groups is 1. The molecular weight excluding hydrogens is 545 g/mol. The summed E-state index contributed by atoms with van der Waals surface area (Å²) in [7, 11) is 0. The molecule has 0 unspecified atom stereocenters. The van der Waals surface area contributed by atoms with Crippen molar-refractivity contribution in [3.05, 3.63) is 34.3 Å². The van der Waals surface area contributed by atoms with Gasteiger partial charge in [-0.25, -0.2) is 9.89 Å². The molecule has 4 rings (SSSR count). The van der Waals surface area contributed by atoms with Gasteiger partial charge in [0.05, 0.1) is 6.61 Å². The van der Waals surface area contributed by atoms with Crippen LogP contribution in [0.15, 0.2) is 28.7 Å². The monoisotopic (exact) mass is 574 g/mol. The Morgan fingerprint density at radius 3 is 2.50 bits per heavy atom. The van der Waals surface area contributed by atoms with E-state index in [0.29, 0.717) is 32.2 Å². The minimum atomic E-state index is -5.06. The third-order valence-corrected chi connectivity index (χ3v) is 7.32. The van der Waals surface area contributed by atoms with Crippen LogP contribution in [0.3, 0.4) is 0 Å². The van der Waals surface area contributed by atoms with E-state index in [2.05, 4.69) is 40.9 Å².